The first-order chi connectivity index (χ1) is 11.8. The highest BCUT2D eigenvalue weighted by Crippen LogP contribution is 1.94. The molecule has 0 bridgehead atoms. The molecule has 0 saturated carbocycles. The van der Waals surface area contributed by atoms with E-state index in [1.54, 1.807) is 0 Å². The predicted molar refractivity (Wildman–Crippen MR) is 78.7 cm³/mol. The van der Waals surface area contributed by atoms with Crippen LogP contribution in [-0.4, -0.2) is 112 Å². The zero-order chi connectivity index (χ0) is 20.9. The molecule has 0 aromatic carbocycles. The van der Waals surface area contributed by atoms with E-state index in [9.17, 15) is 19.2 Å². The van der Waals surface area contributed by atoms with Crippen LogP contribution in [0.15, 0.2) is 0 Å². The molecule has 0 radical (unpaired) electrons. The van der Waals surface area contributed by atoms with Gasteiger partial charge in [-0.05, 0) is 0 Å². The molecule has 6 N–H and O–H groups in total. The number of aliphatic carboxylic acids is 4. The van der Waals surface area contributed by atoms with Crippen LogP contribution in [0.25, 0.3) is 0 Å². The molecule has 15 nitrogen and oxygen atoms in total. The van der Waals surface area contributed by atoms with Crippen molar-refractivity contribution in [1.29, 1.82) is 0 Å². The summed E-state index contributed by atoms with van der Waals surface area (Å²) in [4.78, 5) is 44.4. The molecule has 0 fully saturated rings. The molecule has 0 spiro atoms. The standard InChI is InChI=1S/C10H16N2O8.H2O5S/c13-7(14)3-11(4-8(15)16)1-2-12(5-9(17)18)6-10(19)20;1-5-6(2,3)4/h1-6H2,(H,13,14)(H,15,16)(H,17,18)(H,19,20);1H,(H,2,3,4). The van der Waals surface area contributed by atoms with E-state index in [-0.39, 0.29) is 13.1 Å². The lowest BCUT2D eigenvalue weighted by Crippen LogP contribution is -2.43. The summed E-state index contributed by atoms with van der Waals surface area (Å²) in [5.41, 5.74) is 0. The Balaban J connectivity index is 0. The van der Waals surface area contributed by atoms with Crippen LogP contribution < -0.4 is 0 Å². The van der Waals surface area contributed by atoms with E-state index in [0.717, 1.165) is 9.80 Å². The monoisotopic (exact) mass is 406 g/mol. The van der Waals surface area contributed by atoms with Gasteiger partial charge in [-0.3, -0.25) is 33.5 Å². The number of carboxylic acid groups (broad SMARTS) is 4. The summed E-state index contributed by atoms with van der Waals surface area (Å²) in [5, 5.41) is 41.5. The van der Waals surface area contributed by atoms with Crippen LogP contribution in [0.1, 0.15) is 0 Å². The van der Waals surface area contributed by atoms with Gasteiger partial charge in [-0.2, -0.15) is 8.42 Å². The molecule has 0 unspecified atom stereocenters. The van der Waals surface area contributed by atoms with Gasteiger partial charge in [0.15, 0.2) is 0 Å². The molecule has 0 aliphatic heterocycles. The average Bonchev–Trinajstić information content (AvgIpc) is 2.42. The third kappa shape index (κ3) is 19.7. The molecule has 0 atom stereocenters. The molecule has 0 aromatic heterocycles. The van der Waals surface area contributed by atoms with Crippen molar-refractivity contribution in [2.75, 3.05) is 39.3 Å². The molecule has 0 rings (SSSR count). The van der Waals surface area contributed by atoms with Crippen molar-refractivity contribution < 1.29 is 62.2 Å². The fraction of sp³-hybridized carbons (Fsp3) is 0.600. The minimum absolute atomic E-state index is 0.0703. The fourth-order valence-corrected chi connectivity index (χ4v) is 1.48. The number of hydrogen-bond donors (Lipinski definition) is 6. The first kappa shape index (κ1) is 25.9. The van der Waals surface area contributed by atoms with E-state index in [1.807, 2.05) is 0 Å². The molecular formula is C10H18N2O13S. The highest BCUT2D eigenvalue weighted by atomic mass is 32.3. The second-order valence-corrected chi connectivity index (χ2v) is 5.50. The second kappa shape index (κ2) is 12.9. The van der Waals surface area contributed by atoms with Crippen LogP contribution in [0.3, 0.4) is 0 Å². The van der Waals surface area contributed by atoms with Gasteiger partial charge in [0.2, 0.25) is 0 Å². The molecule has 0 aliphatic rings. The average molecular weight is 406 g/mol. The van der Waals surface area contributed by atoms with Crippen molar-refractivity contribution in [1.82, 2.24) is 9.80 Å². The topological polar surface area (TPSA) is 240 Å². The Labute approximate surface area is 146 Å². The van der Waals surface area contributed by atoms with E-state index in [4.69, 9.17) is 38.7 Å². The van der Waals surface area contributed by atoms with Crippen molar-refractivity contribution >= 4 is 34.3 Å². The van der Waals surface area contributed by atoms with Gasteiger partial charge in [-0.1, -0.05) is 4.33 Å². The van der Waals surface area contributed by atoms with Crippen LogP contribution >= 0.6 is 0 Å². The van der Waals surface area contributed by atoms with Crippen LogP contribution in [-0.2, 0) is 33.9 Å². The Kier molecular flexibility index (Phi) is 12.8. The van der Waals surface area contributed by atoms with E-state index >= 15 is 0 Å². The summed E-state index contributed by atoms with van der Waals surface area (Å²) in [5.74, 6) is -4.91. The Hall–Kier alpha value is -2.37. The maximum Gasteiger partial charge on any atom is 0.423 e. The Morgan fingerprint density at radius 1 is 0.692 bits per heavy atom. The van der Waals surface area contributed by atoms with Gasteiger partial charge in [0.05, 0.1) is 26.2 Å². The van der Waals surface area contributed by atoms with Crippen molar-refractivity contribution in [3.8, 4) is 0 Å². The molecule has 26 heavy (non-hydrogen) atoms. The lowest BCUT2D eigenvalue weighted by molar-refractivity contribution is -0.145. The molecule has 152 valence electrons. The number of rotatable bonds is 12. The van der Waals surface area contributed by atoms with Gasteiger partial charge in [0, 0.05) is 13.1 Å². The van der Waals surface area contributed by atoms with Crippen LogP contribution in [0, 0.1) is 0 Å². The van der Waals surface area contributed by atoms with Crippen LogP contribution in [0.2, 0.25) is 0 Å². The van der Waals surface area contributed by atoms with E-state index in [0.29, 0.717) is 0 Å². The Morgan fingerprint density at radius 3 is 1.00 bits per heavy atom. The number of carbonyl (C=O) groups is 4. The molecular weight excluding hydrogens is 388 g/mol. The first-order valence-electron chi connectivity index (χ1n) is 6.39. The summed E-state index contributed by atoms with van der Waals surface area (Å²) in [6, 6.07) is 0. The maximum atomic E-state index is 10.6. The third-order valence-corrected chi connectivity index (χ3v) is 2.45. The van der Waals surface area contributed by atoms with E-state index in [2.05, 4.69) is 4.33 Å². The maximum absolute atomic E-state index is 10.6. The lowest BCUT2D eigenvalue weighted by Gasteiger charge is -2.23. The molecule has 0 heterocycles. The van der Waals surface area contributed by atoms with Crippen LogP contribution in [0.5, 0.6) is 0 Å². The van der Waals surface area contributed by atoms with Gasteiger partial charge in [-0.15, -0.1) is 0 Å². The van der Waals surface area contributed by atoms with Gasteiger partial charge in [-0.25, -0.2) is 5.26 Å². The smallest absolute Gasteiger partial charge is 0.423 e. The lowest BCUT2D eigenvalue weighted by atomic mass is 10.4. The SMILES string of the molecule is O=C(O)CN(CCN(CC(=O)O)CC(=O)O)CC(=O)O.O=S(=O)(O)OO. The van der Waals surface area contributed by atoms with Crippen molar-refractivity contribution in [2.24, 2.45) is 0 Å². The van der Waals surface area contributed by atoms with Crippen molar-refractivity contribution in [3.63, 3.8) is 0 Å². The summed E-state index contributed by atoms with van der Waals surface area (Å²) >= 11 is 0. The quantitative estimate of drug-likeness (QED) is 0.109. The highest BCUT2D eigenvalue weighted by Gasteiger charge is 2.17. The minimum Gasteiger partial charge on any atom is -0.480 e. The summed E-state index contributed by atoms with van der Waals surface area (Å²) in [7, 11) is -4.61. The molecule has 0 aliphatic carbocycles. The molecule has 16 heteroatoms. The summed E-state index contributed by atoms with van der Waals surface area (Å²) in [6.07, 6.45) is 0. The molecule has 0 amide bonds. The number of hydrogen-bond acceptors (Lipinski definition) is 10. The minimum atomic E-state index is -4.61. The predicted octanol–water partition coefficient (Wildman–Crippen LogP) is -2.79. The molecule has 0 saturated heterocycles. The zero-order valence-corrected chi connectivity index (χ0v) is 13.9. The Morgan fingerprint density at radius 2 is 0.885 bits per heavy atom. The van der Waals surface area contributed by atoms with E-state index < -0.39 is 60.5 Å². The van der Waals surface area contributed by atoms with Gasteiger partial charge in [0.1, 0.15) is 0 Å². The van der Waals surface area contributed by atoms with Crippen molar-refractivity contribution in [3.05, 3.63) is 0 Å². The van der Waals surface area contributed by atoms with Gasteiger partial charge >= 0.3 is 34.3 Å². The largest absolute Gasteiger partial charge is 0.480 e. The highest BCUT2D eigenvalue weighted by molar-refractivity contribution is 7.80. The van der Waals surface area contributed by atoms with Crippen molar-refractivity contribution in [2.45, 2.75) is 0 Å². The number of nitrogens with zero attached hydrogens (tertiary/aromatic N) is 2. The normalized spacial score (nSPS) is 10.9. The summed E-state index contributed by atoms with van der Waals surface area (Å²) in [6.45, 7) is -2.25. The van der Waals surface area contributed by atoms with Crippen LogP contribution in [0.4, 0.5) is 0 Å². The first-order valence-corrected chi connectivity index (χ1v) is 7.75. The second-order valence-electron chi connectivity index (χ2n) is 4.50. The van der Waals surface area contributed by atoms with Gasteiger partial charge in [0.25, 0.3) is 0 Å². The Bertz CT molecular complexity index is 522. The van der Waals surface area contributed by atoms with E-state index in [1.165, 1.54) is 0 Å². The fourth-order valence-electron chi connectivity index (χ4n) is 1.48. The van der Waals surface area contributed by atoms with Gasteiger partial charge < -0.3 is 20.4 Å². The zero-order valence-electron chi connectivity index (χ0n) is 13.1. The number of carboxylic acids is 4. The molecule has 0 aromatic rings. The third-order valence-electron chi connectivity index (χ3n) is 2.26. The summed E-state index contributed by atoms with van der Waals surface area (Å²) < 4.78 is 28.0.